The number of ether oxygens (including phenoxy) is 1. The number of nitrogens with zero attached hydrogens (tertiary/aromatic N) is 1. The van der Waals surface area contributed by atoms with E-state index in [2.05, 4.69) is 10.5 Å². The number of amides is 1. The summed E-state index contributed by atoms with van der Waals surface area (Å²) in [5.74, 6) is 0. The smallest absolute Gasteiger partial charge is 0.407 e. The molecule has 1 atom stereocenters. The number of hydrogen-bond donors (Lipinski definition) is 1. The Kier molecular flexibility index (Phi) is 4.37. The highest BCUT2D eigenvalue weighted by molar-refractivity contribution is 5.68. The van der Waals surface area contributed by atoms with Gasteiger partial charge in [-0.15, -0.1) is 0 Å². The van der Waals surface area contributed by atoms with Gasteiger partial charge in [0.15, 0.2) is 0 Å². The first-order valence-electron chi connectivity index (χ1n) is 4.14. The summed E-state index contributed by atoms with van der Waals surface area (Å²) >= 11 is 0. The first-order chi connectivity index (χ1) is 5.85. The number of hydrogen-bond acceptors (Lipinski definition) is 4. The Balaban J connectivity index is 3.81. The Morgan fingerprint density at radius 2 is 2.08 bits per heavy atom. The van der Waals surface area contributed by atoms with E-state index in [1.54, 1.807) is 27.7 Å². The van der Waals surface area contributed by atoms with Crippen molar-refractivity contribution >= 4 is 6.09 Å². The highest BCUT2D eigenvalue weighted by Crippen LogP contribution is 2.06. The van der Waals surface area contributed by atoms with E-state index >= 15 is 0 Å². The van der Waals surface area contributed by atoms with Gasteiger partial charge in [-0.05, 0) is 27.7 Å². The Bertz CT molecular complexity index is 186. The summed E-state index contributed by atoms with van der Waals surface area (Å²) in [4.78, 5) is 20.9. The summed E-state index contributed by atoms with van der Waals surface area (Å²) in [5.41, 5.74) is -0.515. The Hall–Kier alpha value is -1.13. The molecule has 0 aromatic heterocycles. The van der Waals surface area contributed by atoms with Gasteiger partial charge in [-0.3, -0.25) is 0 Å². The minimum Gasteiger partial charge on any atom is -0.444 e. The molecule has 0 unspecified atom stereocenters. The number of rotatable bonds is 3. The van der Waals surface area contributed by atoms with Gasteiger partial charge in [-0.25, -0.2) is 4.79 Å². The fraction of sp³-hybridized carbons (Fsp3) is 0.875. The van der Waals surface area contributed by atoms with Crippen molar-refractivity contribution in [2.24, 2.45) is 5.18 Å². The summed E-state index contributed by atoms with van der Waals surface area (Å²) < 4.78 is 4.96. The highest BCUT2D eigenvalue weighted by Gasteiger charge is 2.17. The van der Waals surface area contributed by atoms with Gasteiger partial charge in [-0.1, -0.05) is 5.18 Å². The zero-order chi connectivity index (χ0) is 10.5. The Labute approximate surface area is 77.8 Å². The van der Waals surface area contributed by atoms with E-state index in [1.807, 2.05) is 0 Å². The molecule has 0 aromatic rings. The number of carbonyl (C=O) groups is 1. The molecule has 0 aliphatic carbocycles. The predicted molar refractivity (Wildman–Crippen MR) is 49.5 cm³/mol. The normalized spacial score (nSPS) is 13.2. The monoisotopic (exact) mass is 188 g/mol. The van der Waals surface area contributed by atoms with Gasteiger partial charge in [0.05, 0.1) is 6.04 Å². The van der Waals surface area contributed by atoms with E-state index in [0.717, 1.165) is 0 Å². The van der Waals surface area contributed by atoms with Gasteiger partial charge in [0.25, 0.3) is 0 Å². The molecule has 0 aliphatic heterocycles. The SMILES string of the molecule is C[C@@H](CN=O)NC(=O)OC(C)(C)C. The van der Waals surface area contributed by atoms with Crippen molar-refractivity contribution in [2.45, 2.75) is 39.3 Å². The fourth-order valence-electron chi connectivity index (χ4n) is 0.666. The van der Waals surface area contributed by atoms with Gasteiger partial charge in [0.2, 0.25) is 0 Å². The molecule has 0 heterocycles. The lowest BCUT2D eigenvalue weighted by Gasteiger charge is -2.21. The fourth-order valence-corrected chi connectivity index (χ4v) is 0.666. The highest BCUT2D eigenvalue weighted by atomic mass is 16.6. The zero-order valence-corrected chi connectivity index (χ0v) is 8.46. The molecule has 0 bridgehead atoms. The molecule has 5 heteroatoms. The van der Waals surface area contributed by atoms with Crippen LogP contribution in [0.3, 0.4) is 0 Å². The number of nitrogens with one attached hydrogen (secondary N) is 1. The van der Waals surface area contributed by atoms with Crippen molar-refractivity contribution in [3.05, 3.63) is 4.91 Å². The summed E-state index contributed by atoms with van der Waals surface area (Å²) in [6.45, 7) is 7.06. The van der Waals surface area contributed by atoms with Crippen molar-refractivity contribution in [2.75, 3.05) is 6.54 Å². The van der Waals surface area contributed by atoms with E-state index in [1.165, 1.54) is 0 Å². The van der Waals surface area contributed by atoms with E-state index in [-0.39, 0.29) is 12.6 Å². The summed E-state index contributed by atoms with van der Waals surface area (Å²) in [6, 6.07) is -0.285. The maximum Gasteiger partial charge on any atom is 0.407 e. The Morgan fingerprint density at radius 1 is 1.54 bits per heavy atom. The van der Waals surface area contributed by atoms with Crippen LogP contribution in [0.2, 0.25) is 0 Å². The molecule has 0 radical (unpaired) electrons. The first kappa shape index (κ1) is 11.9. The molecule has 0 spiro atoms. The third-order valence-corrected chi connectivity index (χ3v) is 1.11. The standard InChI is InChI=1S/C8H16N2O3/c1-6(5-9-12)10-7(11)13-8(2,3)4/h6H,5H2,1-4H3,(H,10,11)/t6-/m0/s1. The van der Waals surface area contributed by atoms with E-state index < -0.39 is 11.7 Å². The average molecular weight is 188 g/mol. The zero-order valence-electron chi connectivity index (χ0n) is 8.46. The van der Waals surface area contributed by atoms with Crippen LogP contribution in [0.15, 0.2) is 5.18 Å². The molecule has 1 N–H and O–H groups in total. The number of nitroso groups, excluding NO2 is 1. The summed E-state index contributed by atoms with van der Waals surface area (Å²) in [6.07, 6.45) is -0.524. The lowest BCUT2D eigenvalue weighted by atomic mass is 10.2. The molecular weight excluding hydrogens is 172 g/mol. The largest absolute Gasteiger partial charge is 0.444 e. The van der Waals surface area contributed by atoms with Crippen molar-refractivity contribution in [3.8, 4) is 0 Å². The predicted octanol–water partition coefficient (Wildman–Crippen LogP) is 1.67. The second kappa shape index (κ2) is 4.79. The third-order valence-electron chi connectivity index (χ3n) is 1.11. The van der Waals surface area contributed by atoms with Crippen molar-refractivity contribution in [3.63, 3.8) is 0 Å². The lowest BCUT2D eigenvalue weighted by molar-refractivity contribution is 0.0510. The summed E-state index contributed by atoms with van der Waals surface area (Å²) in [7, 11) is 0. The topological polar surface area (TPSA) is 67.8 Å². The molecule has 0 saturated heterocycles. The van der Waals surface area contributed by atoms with E-state index in [4.69, 9.17) is 4.74 Å². The van der Waals surface area contributed by atoms with Crippen LogP contribution in [0.1, 0.15) is 27.7 Å². The number of alkyl carbamates (subject to hydrolysis) is 1. The van der Waals surface area contributed by atoms with Crippen LogP contribution in [0, 0.1) is 4.91 Å². The maximum atomic E-state index is 11.1. The Morgan fingerprint density at radius 3 is 2.46 bits per heavy atom. The second-order valence-corrected chi connectivity index (χ2v) is 3.86. The molecular formula is C8H16N2O3. The van der Waals surface area contributed by atoms with Crippen LogP contribution in [0.25, 0.3) is 0 Å². The molecule has 0 aliphatic rings. The minimum atomic E-state index is -0.524. The van der Waals surface area contributed by atoms with E-state index in [0.29, 0.717) is 0 Å². The molecule has 76 valence electrons. The van der Waals surface area contributed by atoms with Crippen LogP contribution in [-0.4, -0.2) is 24.3 Å². The first-order valence-corrected chi connectivity index (χ1v) is 4.14. The van der Waals surface area contributed by atoms with Crippen LogP contribution < -0.4 is 5.32 Å². The van der Waals surface area contributed by atoms with Crippen molar-refractivity contribution < 1.29 is 9.53 Å². The molecule has 13 heavy (non-hydrogen) atoms. The van der Waals surface area contributed by atoms with Gasteiger partial charge < -0.3 is 10.1 Å². The van der Waals surface area contributed by atoms with Crippen LogP contribution in [-0.2, 0) is 4.74 Å². The number of carbonyl (C=O) groups excluding carboxylic acids is 1. The van der Waals surface area contributed by atoms with Gasteiger partial charge >= 0.3 is 6.09 Å². The van der Waals surface area contributed by atoms with Crippen molar-refractivity contribution in [1.29, 1.82) is 0 Å². The molecule has 0 fully saturated rings. The molecule has 1 amide bonds. The van der Waals surface area contributed by atoms with Crippen LogP contribution >= 0.6 is 0 Å². The van der Waals surface area contributed by atoms with E-state index in [9.17, 15) is 9.70 Å². The molecule has 0 rings (SSSR count). The minimum absolute atomic E-state index is 0.0548. The van der Waals surface area contributed by atoms with Crippen LogP contribution in [0.5, 0.6) is 0 Å². The van der Waals surface area contributed by atoms with Gasteiger partial charge in [0.1, 0.15) is 12.1 Å². The lowest BCUT2D eigenvalue weighted by Crippen LogP contribution is -2.38. The average Bonchev–Trinajstić information content (AvgIpc) is 1.81. The van der Waals surface area contributed by atoms with Crippen molar-refractivity contribution in [1.82, 2.24) is 5.32 Å². The molecule has 5 nitrogen and oxygen atoms in total. The maximum absolute atomic E-state index is 11.1. The van der Waals surface area contributed by atoms with Crippen LogP contribution in [0.4, 0.5) is 4.79 Å². The summed E-state index contributed by atoms with van der Waals surface area (Å²) in [5, 5.41) is 5.15. The molecule has 0 aromatic carbocycles. The second-order valence-electron chi connectivity index (χ2n) is 3.86. The molecule has 0 saturated carbocycles. The van der Waals surface area contributed by atoms with Gasteiger partial charge in [-0.2, -0.15) is 4.91 Å². The van der Waals surface area contributed by atoms with Gasteiger partial charge in [0, 0.05) is 0 Å². The quantitative estimate of drug-likeness (QED) is 0.685. The third kappa shape index (κ3) is 7.24.